The van der Waals surface area contributed by atoms with Gasteiger partial charge in [-0.1, -0.05) is 0 Å². The Bertz CT molecular complexity index is 1100. The molecule has 2 aromatic heterocycles. The second kappa shape index (κ2) is 7.95. The van der Waals surface area contributed by atoms with Crippen molar-refractivity contribution in [2.45, 2.75) is 26.2 Å². The third-order valence-electron chi connectivity index (χ3n) is 4.45. The fourth-order valence-corrected chi connectivity index (χ4v) is 3.96. The number of alkyl halides is 6. The first kappa shape index (κ1) is 22.7. The van der Waals surface area contributed by atoms with Crippen LogP contribution in [0.5, 0.6) is 0 Å². The highest BCUT2D eigenvalue weighted by molar-refractivity contribution is 7.15. The summed E-state index contributed by atoms with van der Waals surface area (Å²) in [7, 11) is 1.26. The Kier molecular flexibility index (Phi) is 5.83. The lowest BCUT2D eigenvalue weighted by molar-refractivity contribution is -0.143. The fourth-order valence-electron chi connectivity index (χ4n) is 3.01. The summed E-state index contributed by atoms with van der Waals surface area (Å²) in [6.45, 7) is 3.55. The number of hydrogen-bond acceptors (Lipinski definition) is 4. The van der Waals surface area contributed by atoms with E-state index < -0.39 is 35.0 Å². The molecule has 1 amide bonds. The number of hydrogen-bond donors (Lipinski definition) is 0. The summed E-state index contributed by atoms with van der Waals surface area (Å²) in [5.74, 6) is -1.04. The molecule has 0 fully saturated rings. The molecule has 0 spiro atoms. The topological polar surface area (TPSA) is 46.1 Å². The number of amides is 1. The summed E-state index contributed by atoms with van der Waals surface area (Å²) in [6.07, 6.45) is -7.31. The summed E-state index contributed by atoms with van der Waals surface area (Å²) in [4.78, 5) is 22.9. The van der Waals surface area contributed by atoms with Gasteiger partial charge in [0.2, 0.25) is 0 Å². The van der Waals surface area contributed by atoms with Gasteiger partial charge < -0.3 is 4.90 Å². The van der Waals surface area contributed by atoms with Crippen LogP contribution in [0.3, 0.4) is 0 Å². The van der Waals surface area contributed by atoms with E-state index in [2.05, 4.69) is 9.97 Å². The highest BCUT2D eigenvalue weighted by Gasteiger charge is 2.38. The minimum atomic E-state index is -5.05. The molecule has 2 heterocycles. The first-order chi connectivity index (χ1) is 14.3. The van der Waals surface area contributed by atoms with Crippen molar-refractivity contribution in [3.63, 3.8) is 0 Å². The van der Waals surface area contributed by atoms with Crippen LogP contribution in [-0.4, -0.2) is 22.9 Å². The normalized spacial score (nSPS) is 12.2. The van der Waals surface area contributed by atoms with Gasteiger partial charge in [-0.15, -0.1) is 11.3 Å². The zero-order valence-corrected chi connectivity index (χ0v) is 17.2. The maximum Gasteiger partial charge on any atom is 0.416 e. The number of thiazole rings is 1. The van der Waals surface area contributed by atoms with Crippen LogP contribution in [0.2, 0.25) is 0 Å². The molecular weight excluding hydrogens is 444 g/mol. The zero-order valence-electron chi connectivity index (χ0n) is 16.4. The highest BCUT2D eigenvalue weighted by atomic mass is 32.1. The van der Waals surface area contributed by atoms with Gasteiger partial charge in [-0.3, -0.25) is 9.78 Å². The second-order valence-corrected chi connectivity index (χ2v) is 7.90. The number of aromatic nitrogens is 2. The van der Waals surface area contributed by atoms with Crippen LogP contribution in [0.25, 0.3) is 10.4 Å². The Morgan fingerprint density at radius 1 is 1.00 bits per heavy atom. The number of carbonyl (C=O) groups excluding carboxylic acids is 1. The Balaban J connectivity index is 2.10. The van der Waals surface area contributed by atoms with Crippen molar-refractivity contribution in [1.29, 1.82) is 0 Å². The quantitative estimate of drug-likeness (QED) is 0.443. The lowest BCUT2D eigenvalue weighted by Crippen LogP contribution is -2.28. The van der Waals surface area contributed by atoms with Crippen LogP contribution in [0.1, 0.15) is 32.2 Å². The first-order valence-corrected chi connectivity index (χ1v) is 9.56. The van der Waals surface area contributed by atoms with Crippen LogP contribution < -0.4 is 4.90 Å². The van der Waals surface area contributed by atoms with Gasteiger partial charge in [0.1, 0.15) is 0 Å². The number of rotatable bonds is 3. The van der Waals surface area contributed by atoms with E-state index in [-0.39, 0.29) is 11.8 Å². The molecule has 4 nitrogen and oxygen atoms in total. The second-order valence-electron chi connectivity index (χ2n) is 6.70. The molecule has 0 atom stereocenters. The molecule has 1 aromatic carbocycles. The number of halogens is 6. The number of aryl methyl sites for hydroxylation is 2. The molecule has 31 heavy (non-hydrogen) atoms. The summed E-state index contributed by atoms with van der Waals surface area (Å²) in [5.41, 5.74) is -2.41. The van der Waals surface area contributed by atoms with Gasteiger partial charge in [0.15, 0.2) is 0 Å². The average molecular weight is 459 g/mol. The SMILES string of the molecule is Cc1nc(C)c(-c2ccncc2N(C)C(=O)c2cc(C(F)(F)F)cc(C(F)(F)F)c2)s1. The molecule has 164 valence electrons. The van der Waals surface area contributed by atoms with Crippen molar-refractivity contribution in [2.24, 2.45) is 0 Å². The largest absolute Gasteiger partial charge is 0.416 e. The summed E-state index contributed by atoms with van der Waals surface area (Å²) >= 11 is 1.34. The number of pyridine rings is 1. The number of carbonyl (C=O) groups is 1. The number of benzene rings is 1. The van der Waals surface area contributed by atoms with Crippen molar-refractivity contribution in [1.82, 2.24) is 9.97 Å². The molecule has 0 unspecified atom stereocenters. The van der Waals surface area contributed by atoms with E-state index >= 15 is 0 Å². The van der Waals surface area contributed by atoms with Gasteiger partial charge in [0, 0.05) is 24.4 Å². The predicted molar refractivity (Wildman–Crippen MR) is 104 cm³/mol. The van der Waals surface area contributed by atoms with Gasteiger partial charge >= 0.3 is 12.4 Å². The minimum Gasteiger partial charge on any atom is -0.309 e. The van der Waals surface area contributed by atoms with Crippen LogP contribution >= 0.6 is 11.3 Å². The molecule has 3 rings (SSSR count). The van der Waals surface area contributed by atoms with Crippen molar-refractivity contribution < 1.29 is 31.1 Å². The first-order valence-electron chi connectivity index (χ1n) is 8.75. The van der Waals surface area contributed by atoms with Crippen LogP contribution in [0.4, 0.5) is 32.0 Å². The molecule has 0 saturated carbocycles. The van der Waals surface area contributed by atoms with Crippen molar-refractivity contribution in [3.05, 3.63) is 64.1 Å². The molecular formula is C20H15F6N3OS. The van der Waals surface area contributed by atoms with Gasteiger partial charge in [-0.25, -0.2) is 4.98 Å². The standard InChI is InChI=1S/C20H15F6N3OS/c1-10-17(31-11(2)28-10)15-4-5-27-9-16(15)29(3)18(30)12-6-13(19(21,22)23)8-14(7-12)20(24,25)26/h4-9H,1-3H3. The van der Waals surface area contributed by atoms with Crippen LogP contribution in [-0.2, 0) is 12.4 Å². The summed E-state index contributed by atoms with van der Waals surface area (Å²) in [6, 6.07) is 2.40. The maximum atomic E-state index is 13.1. The highest BCUT2D eigenvalue weighted by Crippen LogP contribution is 2.38. The van der Waals surface area contributed by atoms with Gasteiger partial charge in [0.05, 0.1) is 38.6 Å². The Morgan fingerprint density at radius 3 is 2.06 bits per heavy atom. The smallest absolute Gasteiger partial charge is 0.309 e. The predicted octanol–water partition coefficient (Wildman–Crippen LogP) is 6.14. The average Bonchev–Trinajstić information content (AvgIpc) is 3.03. The third-order valence-corrected chi connectivity index (χ3v) is 5.55. The van der Waals surface area contributed by atoms with E-state index in [9.17, 15) is 31.1 Å². The lowest BCUT2D eigenvalue weighted by atomic mass is 10.0. The van der Waals surface area contributed by atoms with Crippen molar-refractivity contribution in [3.8, 4) is 10.4 Å². The van der Waals surface area contributed by atoms with E-state index in [1.165, 1.54) is 30.8 Å². The van der Waals surface area contributed by atoms with E-state index in [4.69, 9.17) is 0 Å². The zero-order chi connectivity index (χ0) is 23.1. The van der Waals surface area contributed by atoms with E-state index in [0.717, 1.165) is 14.8 Å². The molecule has 0 N–H and O–H groups in total. The number of anilines is 1. The van der Waals surface area contributed by atoms with E-state index in [0.29, 0.717) is 23.4 Å². The Hall–Kier alpha value is -2.95. The summed E-state index contributed by atoms with van der Waals surface area (Å²) < 4.78 is 78.9. The van der Waals surface area contributed by atoms with Crippen molar-refractivity contribution >= 4 is 22.9 Å². The third kappa shape index (κ3) is 4.71. The summed E-state index contributed by atoms with van der Waals surface area (Å²) in [5, 5.41) is 0.761. The van der Waals surface area contributed by atoms with Crippen LogP contribution in [0.15, 0.2) is 36.7 Å². The van der Waals surface area contributed by atoms with Gasteiger partial charge in [0.25, 0.3) is 5.91 Å². The lowest BCUT2D eigenvalue weighted by Gasteiger charge is -2.21. The molecule has 0 aliphatic carbocycles. The Labute approximate surface area is 177 Å². The molecule has 0 aliphatic heterocycles. The van der Waals surface area contributed by atoms with Gasteiger partial charge in [-0.2, -0.15) is 26.3 Å². The van der Waals surface area contributed by atoms with Crippen LogP contribution in [0, 0.1) is 13.8 Å². The van der Waals surface area contributed by atoms with E-state index in [1.54, 1.807) is 19.9 Å². The van der Waals surface area contributed by atoms with Crippen molar-refractivity contribution in [2.75, 3.05) is 11.9 Å². The molecule has 0 saturated heterocycles. The van der Waals surface area contributed by atoms with Gasteiger partial charge in [-0.05, 0) is 38.1 Å². The molecule has 0 bridgehead atoms. The molecule has 0 aliphatic rings. The Morgan fingerprint density at radius 2 is 1.58 bits per heavy atom. The molecule has 11 heteroatoms. The minimum absolute atomic E-state index is 0.0181. The number of nitrogens with zero attached hydrogens (tertiary/aromatic N) is 3. The van der Waals surface area contributed by atoms with E-state index in [1.807, 2.05) is 0 Å². The molecule has 0 radical (unpaired) electrons. The maximum absolute atomic E-state index is 13.1. The molecule has 3 aromatic rings. The monoisotopic (exact) mass is 459 g/mol. The fraction of sp³-hybridized carbons (Fsp3) is 0.250.